The normalized spacial score (nSPS) is 11.1. The molecule has 0 aliphatic rings. The minimum absolute atomic E-state index is 0.343. The first-order valence-corrected chi connectivity index (χ1v) is 9.31. The minimum Gasteiger partial charge on any atom is -0.224 e. The van der Waals surface area contributed by atoms with Crippen molar-refractivity contribution in [2.75, 3.05) is 6.26 Å². The van der Waals surface area contributed by atoms with Crippen molar-refractivity contribution < 1.29 is 13.3 Å². The van der Waals surface area contributed by atoms with E-state index < -0.39 is 6.55 Å². The van der Waals surface area contributed by atoms with Crippen molar-refractivity contribution in [1.29, 1.82) is 0 Å². The lowest BCUT2D eigenvalue weighted by atomic mass is 10.0. The van der Waals surface area contributed by atoms with Crippen LogP contribution in [0.1, 0.15) is 12.4 Å². The molecule has 0 aliphatic heterocycles. The van der Waals surface area contributed by atoms with E-state index in [1.165, 1.54) is 11.8 Å². The maximum Gasteiger partial charge on any atom is 0.388 e. The van der Waals surface area contributed by atoms with Crippen LogP contribution in [0, 0.1) is 0 Å². The molecule has 3 rings (SSSR count). The first-order chi connectivity index (χ1) is 12.1. The van der Waals surface area contributed by atoms with Crippen LogP contribution in [0.15, 0.2) is 60.7 Å². The molecule has 0 N–H and O–H groups in total. The van der Waals surface area contributed by atoms with E-state index in [9.17, 15) is 8.78 Å². The summed E-state index contributed by atoms with van der Waals surface area (Å²) in [7, 11) is 1.78. The van der Waals surface area contributed by atoms with Gasteiger partial charge in [-0.1, -0.05) is 72.9 Å². The lowest BCUT2D eigenvalue weighted by molar-refractivity contribution is -0.661. The Morgan fingerprint density at radius 3 is 2.00 bits per heavy atom. The van der Waals surface area contributed by atoms with Gasteiger partial charge in [0.2, 0.25) is 0 Å². The Labute approximate surface area is 155 Å². The molecular formula is C19H17F2N2S2+. The summed E-state index contributed by atoms with van der Waals surface area (Å²) in [5.41, 5.74) is 2.79. The molecule has 6 heteroatoms. The first-order valence-electron chi connectivity index (χ1n) is 7.67. The van der Waals surface area contributed by atoms with E-state index >= 15 is 0 Å². The third kappa shape index (κ3) is 3.24. The average molecular weight is 375 g/mol. The van der Waals surface area contributed by atoms with Gasteiger partial charge in [-0.3, -0.25) is 0 Å². The van der Waals surface area contributed by atoms with Gasteiger partial charge < -0.3 is 0 Å². The molecule has 0 fully saturated rings. The summed E-state index contributed by atoms with van der Waals surface area (Å²) in [6.07, 6.45) is 1.80. The largest absolute Gasteiger partial charge is 0.388 e. The standard InChI is InChI=1S/C19H17F2N2S2/c1-22-15(13-9-5-3-6-10-13)16(14-11-7-4-8-12-14)23(19(20)21)17(22)18(24)25-2/h3-12,19H,1-2H3/q+1. The molecule has 0 saturated heterocycles. The van der Waals surface area contributed by atoms with Crippen LogP contribution in [0.25, 0.3) is 22.5 Å². The SMILES string of the molecule is CSC(=S)c1n(C(F)F)c(-c2ccccc2)c(-c2ccccc2)[n+]1C. The van der Waals surface area contributed by atoms with Crippen LogP contribution >= 0.6 is 24.0 Å². The minimum atomic E-state index is -2.70. The van der Waals surface area contributed by atoms with Crippen molar-refractivity contribution in [2.24, 2.45) is 7.05 Å². The van der Waals surface area contributed by atoms with Crippen LogP contribution < -0.4 is 4.57 Å². The van der Waals surface area contributed by atoms with Gasteiger partial charge in [-0.15, -0.1) is 11.8 Å². The second-order valence-corrected chi connectivity index (χ2v) is 6.93. The number of halogens is 2. The van der Waals surface area contributed by atoms with Crippen molar-refractivity contribution in [1.82, 2.24) is 4.57 Å². The highest BCUT2D eigenvalue weighted by molar-refractivity contribution is 8.23. The number of alkyl halides is 2. The summed E-state index contributed by atoms with van der Waals surface area (Å²) in [6.45, 7) is -2.70. The van der Waals surface area contributed by atoms with Gasteiger partial charge in [0.05, 0.1) is 7.05 Å². The predicted molar refractivity (Wildman–Crippen MR) is 103 cm³/mol. The van der Waals surface area contributed by atoms with Crippen molar-refractivity contribution >= 4 is 28.2 Å². The number of hydrogen-bond donors (Lipinski definition) is 0. The van der Waals surface area contributed by atoms with Crippen molar-refractivity contribution in [3.63, 3.8) is 0 Å². The highest BCUT2D eigenvalue weighted by Crippen LogP contribution is 2.35. The molecule has 0 bridgehead atoms. The van der Waals surface area contributed by atoms with Gasteiger partial charge in [0, 0.05) is 11.1 Å². The molecule has 3 aromatic rings. The molecule has 0 saturated carbocycles. The predicted octanol–water partition coefficient (Wildman–Crippen LogP) is 5.08. The summed E-state index contributed by atoms with van der Waals surface area (Å²) in [4.78, 5) is 0. The quantitative estimate of drug-likeness (QED) is 0.464. The number of nitrogens with zero attached hydrogens (tertiary/aromatic N) is 2. The van der Waals surface area contributed by atoms with E-state index in [1.54, 1.807) is 17.9 Å². The van der Waals surface area contributed by atoms with Crippen molar-refractivity contribution in [3.8, 4) is 22.5 Å². The Morgan fingerprint density at radius 1 is 1.00 bits per heavy atom. The highest BCUT2D eigenvalue weighted by atomic mass is 32.2. The van der Waals surface area contributed by atoms with Gasteiger partial charge in [-0.05, 0) is 6.26 Å². The van der Waals surface area contributed by atoms with Crippen LogP contribution in [-0.2, 0) is 7.05 Å². The molecule has 0 aliphatic carbocycles. The Balaban J connectivity index is 2.43. The van der Waals surface area contributed by atoms with Crippen molar-refractivity contribution in [2.45, 2.75) is 6.55 Å². The smallest absolute Gasteiger partial charge is 0.224 e. The molecule has 0 spiro atoms. The van der Waals surface area contributed by atoms with Crippen LogP contribution in [0.4, 0.5) is 8.78 Å². The van der Waals surface area contributed by atoms with Crippen LogP contribution in [-0.4, -0.2) is 15.0 Å². The average Bonchev–Trinajstić information content (AvgIpc) is 2.96. The highest BCUT2D eigenvalue weighted by Gasteiger charge is 2.36. The zero-order valence-corrected chi connectivity index (χ0v) is 15.5. The molecule has 2 nitrogen and oxygen atoms in total. The monoisotopic (exact) mass is 375 g/mol. The summed E-state index contributed by atoms with van der Waals surface area (Å²) >= 11 is 6.67. The molecule has 1 aromatic heterocycles. The molecule has 128 valence electrons. The Bertz CT molecular complexity index is 891. The number of thiocarbonyl (C=S) groups is 1. The molecule has 2 aromatic carbocycles. The van der Waals surface area contributed by atoms with E-state index in [1.807, 2.05) is 60.7 Å². The van der Waals surface area contributed by atoms with Crippen molar-refractivity contribution in [3.05, 3.63) is 66.5 Å². The molecule has 1 heterocycles. The Hall–Kier alpha value is -2.05. The fourth-order valence-electron chi connectivity index (χ4n) is 2.96. The van der Waals surface area contributed by atoms with Crippen LogP contribution in [0.3, 0.4) is 0 Å². The summed E-state index contributed by atoms with van der Waals surface area (Å²) in [5.74, 6) is 0.343. The van der Waals surface area contributed by atoms with Gasteiger partial charge in [0.25, 0.3) is 0 Å². The van der Waals surface area contributed by atoms with Crippen LogP contribution in [0.2, 0.25) is 0 Å². The third-order valence-electron chi connectivity index (χ3n) is 4.00. The van der Waals surface area contributed by atoms with Gasteiger partial charge in [-0.25, -0.2) is 4.57 Å². The second-order valence-electron chi connectivity index (χ2n) is 5.45. The van der Waals surface area contributed by atoms with Crippen LogP contribution in [0.5, 0.6) is 0 Å². The summed E-state index contributed by atoms with van der Waals surface area (Å²) in [5, 5.41) is 0. The van der Waals surface area contributed by atoms with Gasteiger partial charge in [0.15, 0.2) is 15.6 Å². The number of aromatic nitrogens is 2. The number of rotatable bonds is 4. The number of thioether (sulfide) groups is 1. The first kappa shape index (κ1) is 17.8. The van der Waals surface area contributed by atoms with E-state index in [2.05, 4.69) is 0 Å². The second kappa shape index (κ2) is 7.45. The van der Waals surface area contributed by atoms with Gasteiger partial charge >= 0.3 is 12.4 Å². The number of hydrogen-bond acceptors (Lipinski definition) is 2. The van der Waals surface area contributed by atoms with Gasteiger partial charge in [-0.2, -0.15) is 13.3 Å². The molecule has 0 amide bonds. The zero-order valence-electron chi connectivity index (χ0n) is 13.8. The lowest BCUT2D eigenvalue weighted by Crippen LogP contribution is -2.36. The van der Waals surface area contributed by atoms with E-state index in [0.717, 1.165) is 21.4 Å². The number of imidazole rings is 1. The van der Waals surface area contributed by atoms with E-state index in [0.29, 0.717) is 15.7 Å². The molecule has 0 unspecified atom stereocenters. The Morgan fingerprint density at radius 2 is 1.52 bits per heavy atom. The summed E-state index contributed by atoms with van der Waals surface area (Å²) in [6, 6.07) is 18.8. The molecule has 25 heavy (non-hydrogen) atoms. The molecular weight excluding hydrogens is 358 g/mol. The van der Waals surface area contributed by atoms with E-state index in [4.69, 9.17) is 12.2 Å². The zero-order chi connectivity index (χ0) is 18.0. The van der Waals surface area contributed by atoms with E-state index in [-0.39, 0.29) is 0 Å². The maximum atomic E-state index is 14.1. The number of benzene rings is 2. The molecule has 0 radical (unpaired) electrons. The maximum absolute atomic E-state index is 14.1. The fourth-order valence-corrected chi connectivity index (χ4v) is 3.61. The summed E-state index contributed by atoms with van der Waals surface area (Å²) < 4.78 is 31.4. The topological polar surface area (TPSA) is 8.81 Å². The fraction of sp³-hybridized carbons (Fsp3) is 0.158. The Kier molecular flexibility index (Phi) is 5.30. The third-order valence-corrected chi connectivity index (χ3v) is 5.24. The molecule has 0 atom stereocenters. The lowest BCUT2D eigenvalue weighted by Gasteiger charge is -2.05. The van der Waals surface area contributed by atoms with Gasteiger partial charge in [0.1, 0.15) is 0 Å².